The molecule has 92 valence electrons. The molecule has 6 nitrogen and oxygen atoms in total. The maximum absolute atomic E-state index is 10.7. The fourth-order valence-corrected chi connectivity index (χ4v) is 3.57. The first-order chi connectivity index (χ1) is 8.24. The van der Waals surface area contributed by atoms with Crippen molar-refractivity contribution in [3.8, 4) is 0 Å². The van der Waals surface area contributed by atoms with Crippen LogP contribution in [0.15, 0.2) is 6.20 Å². The van der Waals surface area contributed by atoms with E-state index >= 15 is 0 Å². The standard InChI is InChI=1S/C10H14N4O2S/c15-10(16)9-5-14(12-11-9)8-3-13(4-8)7-1-2-17-6-7/h5,7-8H,1-4,6H2,(H,15,16). The number of hydrogen-bond donors (Lipinski definition) is 1. The van der Waals surface area contributed by atoms with Crippen LogP contribution < -0.4 is 0 Å². The molecular weight excluding hydrogens is 240 g/mol. The van der Waals surface area contributed by atoms with Gasteiger partial charge in [0.2, 0.25) is 0 Å². The van der Waals surface area contributed by atoms with Crippen LogP contribution in [-0.2, 0) is 0 Å². The Bertz CT molecular complexity index is 424. The smallest absolute Gasteiger partial charge is 0.358 e. The van der Waals surface area contributed by atoms with E-state index in [4.69, 9.17) is 5.11 Å². The van der Waals surface area contributed by atoms with Crippen molar-refractivity contribution >= 4 is 17.7 Å². The lowest BCUT2D eigenvalue weighted by Crippen LogP contribution is -2.52. The third-order valence-corrected chi connectivity index (χ3v) is 4.56. The van der Waals surface area contributed by atoms with Gasteiger partial charge in [0.15, 0.2) is 5.69 Å². The van der Waals surface area contributed by atoms with Gasteiger partial charge >= 0.3 is 5.97 Å². The van der Waals surface area contributed by atoms with Crippen LogP contribution in [0.2, 0.25) is 0 Å². The Balaban J connectivity index is 1.58. The zero-order chi connectivity index (χ0) is 11.8. The van der Waals surface area contributed by atoms with Gasteiger partial charge in [-0.15, -0.1) is 5.10 Å². The van der Waals surface area contributed by atoms with Crippen LogP contribution in [-0.4, -0.2) is 61.6 Å². The van der Waals surface area contributed by atoms with Crippen LogP contribution in [0.25, 0.3) is 0 Å². The normalized spacial score (nSPS) is 26.0. The predicted molar refractivity (Wildman–Crippen MR) is 63.3 cm³/mol. The van der Waals surface area contributed by atoms with E-state index in [0.29, 0.717) is 12.1 Å². The van der Waals surface area contributed by atoms with E-state index in [2.05, 4.69) is 15.2 Å². The van der Waals surface area contributed by atoms with Crippen molar-refractivity contribution in [1.29, 1.82) is 0 Å². The molecule has 0 aromatic carbocycles. The van der Waals surface area contributed by atoms with Crippen molar-refractivity contribution in [3.63, 3.8) is 0 Å². The molecule has 2 fully saturated rings. The summed E-state index contributed by atoms with van der Waals surface area (Å²) < 4.78 is 1.68. The first-order valence-electron chi connectivity index (χ1n) is 5.71. The summed E-state index contributed by atoms with van der Waals surface area (Å²) in [5.74, 6) is 1.47. The highest BCUT2D eigenvalue weighted by Crippen LogP contribution is 2.30. The number of aromatic nitrogens is 3. The van der Waals surface area contributed by atoms with Crippen LogP contribution in [0.4, 0.5) is 0 Å². The van der Waals surface area contributed by atoms with E-state index in [1.54, 1.807) is 4.68 Å². The first-order valence-corrected chi connectivity index (χ1v) is 6.86. The van der Waals surface area contributed by atoms with Crippen molar-refractivity contribution < 1.29 is 9.90 Å². The highest BCUT2D eigenvalue weighted by molar-refractivity contribution is 7.99. The molecular formula is C10H14N4O2S. The van der Waals surface area contributed by atoms with Crippen molar-refractivity contribution in [2.75, 3.05) is 24.6 Å². The number of nitrogens with zero attached hydrogens (tertiary/aromatic N) is 4. The average molecular weight is 254 g/mol. The quantitative estimate of drug-likeness (QED) is 0.838. The molecule has 2 aliphatic heterocycles. The summed E-state index contributed by atoms with van der Waals surface area (Å²) in [5.41, 5.74) is 0.0277. The van der Waals surface area contributed by atoms with Crippen LogP contribution in [0, 0.1) is 0 Å². The summed E-state index contributed by atoms with van der Waals surface area (Å²) in [6.45, 7) is 1.93. The zero-order valence-electron chi connectivity index (χ0n) is 9.32. The van der Waals surface area contributed by atoms with Gasteiger partial charge in [-0.05, 0) is 12.2 Å². The van der Waals surface area contributed by atoms with Crippen LogP contribution >= 0.6 is 11.8 Å². The van der Waals surface area contributed by atoms with Gasteiger partial charge in [-0.25, -0.2) is 9.48 Å². The second kappa shape index (κ2) is 4.30. The molecule has 1 atom stereocenters. The van der Waals surface area contributed by atoms with Crippen molar-refractivity contribution in [1.82, 2.24) is 19.9 Å². The van der Waals surface area contributed by atoms with Gasteiger partial charge in [0.25, 0.3) is 0 Å². The summed E-state index contributed by atoms with van der Waals surface area (Å²) in [7, 11) is 0. The molecule has 1 aromatic heterocycles. The molecule has 0 saturated carbocycles. The lowest BCUT2D eigenvalue weighted by Gasteiger charge is -2.42. The summed E-state index contributed by atoms with van der Waals surface area (Å²) in [5, 5.41) is 16.3. The number of likely N-dealkylation sites (tertiary alicyclic amines) is 1. The first kappa shape index (κ1) is 11.0. The number of carboxylic acid groups (broad SMARTS) is 1. The van der Waals surface area contributed by atoms with E-state index in [1.807, 2.05) is 11.8 Å². The molecule has 7 heteroatoms. The largest absolute Gasteiger partial charge is 0.476 e. The molecule has 3 rings (SSSR count). The zero-order valence-corrected chi connectivity index (χ0v) is 10.1. The van der Waals surface area contributed by atoms with E-state index < -0.39 is 5.97 Å². The number of carbonyl (C=O) groups is 1. The molecule has 1 N–H and O–H groups in total. The molecule has 2 aliphatic rings. The fraction of sp³-hybridized carbons (Fsp3) is 0.700. The third-order valence-electron chi connectivity index (χ3n) is 3.42. The number of carboxylic acids is 1. The van der Waals surface area contributed by atoms with Crippen LogP contribution in [0.5, 0.6) is 0 Å². The lowest BCUT2D eigenvalue weighted by atomic mass is 10.1. The van der Waals surface area contributed by atoms with E-state index in [0.717, 1.165) is 13.1 Å². The summed E-state index contributed by atoms with van der Waals surface area (Å²) in [6, 6.07) is 1.000. The molecule has 0 amide bonds. The topological polar surface area (TPSA) is 71.2 Å². The number of aromatic carboxylic acids is 1. The summed E-state index contributed by atoms with van der Waals surface area (Å²) in [6.07, 6.45) is 2.79. The minimum absolute atomic E-state index is 0.0277. The molecule has 0 radical (unpaired) electrons. The van der Waals surface area contributed by atoms with Crippen molar-refractivity contribution in [2.24, 2.45) is 0 Å². The van der Waals surface area contributed by atoms with Gasteiger partial charge in [-0.1, -0.05) is 5.21 Å². The fourth-order valence-electron chi connectivity index (χ4n) is 2.32. The molecule has 2 saturated heterocycles. The lowest BCUT2D eigenvalue weighted by molar-refractivity contribution is 0.0619. The molecule has 0 bridgehead atoms. The van der Waals surface area contributed by atoms with Gasteiger partial charge in [0, 0.05) is 24.9 Å². The van der Waals surface area contributed by atoms with E-state index in [-0.39, 0.29) is 5.69 Å². The maximum atomic E-state index is 10.7. The highest BCUT2D eigenvalue weighted by atomic mass is 32.2. The van der Waals surface area contributed by atoms with Crippen molar-refractivity contribution in [3.05, 3.63) is 11.9 Å². The minimum Gasteiger partial charge on any atom is -0.476 e. The Labute approximate surface area is 103 Å². The van der Waals surface area contributed by atoms with Gasteiger partial charge < -0.3 is 5.11 Å². The Kier molecular flexibility index (Phi) is 2.79. The van der Waals surface area contributed by atoms with Gasteiger partial charge in [-0.3, -0.25) is 4.90 Å². The third kappa shape index (κ3) is 2.04. The van der Waals surface area contributed by atoms with Crippen LogP contribution in [0.1, 0.15) is 23.0 Å². The SMILES string of the molecule is O=C(O)c1cn(C2CN(C3CCSC3)C2)nn1. The molecule has 0 aliphatic carbocycles. The number of rotatable bonds is 3. The van der Waals surface area contributed by atoms with Crippen molar-refractivity contribution in [2.45, 2.75) is 18.5 Å². The molecule has 1 unspecified atom stereocenters. The Morgan fingerprint density at radius 2 is 2.29 bits per heavy atom. The predicted octanol–water partition coefficient (Wildman–Crippen LogP) is 0.339. The number of thioether (sulfide) groups is 1. The number of hydrogen-bond acceptors (Lipinski definition) is 5. The van der Waals surface area contributed by atoms with E-state index in [1.165, 1.54) is 24.1 Å². The Morgan fingerprint density at radius 1 is 1.47 bits per heavy atom. The monoisotopic (exact) mass is 254 g/mol. The van der Waals surface area contributed by atoms with Gasteiger partial charge in [0.05, 0.1) is 12.2 Å². The maximum Gasteiger partial charge on any atom is 0.358 e. The summed E-state index contributed by atoms with van der Waals surface area (Å²) in [4.78, 5) is 13.1. The van der Waals surface area contributed by atoms with Gasteiger partial charge in [-0.2, -0.15) is 11.8 Å². The highest BCUT2D eigenvalue weighted by Gasteiger charge is 2.35. The molecule has 17 heavy (non-hydrogen) atoms. The van der Waals surface area contributed by atoms with E-state index in [9.17, 15) is 4.79 Å². The summed E-state index contributed by atoms with van der Waals surface area (Å²) >= 11 is 2.01. The Morgan fingerprint density at radius 3 is 2.88 bits per heavy atom. The molecule has 3 heterocycles. The average Bonchev–Trinajstić information content (AvgIpc) is 2.84. The molecule has 0 spiro atoms. The molecule has 1 aromatic rings. The van der Waals surface area contributed by atoms with Crippen LogP contribution in [0.3, 0.4) is 0 Å². The minimum atomic E-state index is -1.01. The second-order valence-electron chi connectivity index (χ2n) is 4.51. The Hall–Kier alpha value is -1.08. The van der Waals surface area contributed by atoms with Gasteiger partial charge in [0.1, 0.15) is 0 Å². The second-order valence-corrected chi connectivity index (χ2v) is 5.66.